The number of carbonyl (C=O) groups excluding carboxylic acids is 1. The van der Waals surface area contributed by atoms with Crippen molar-refractivity contribution in [2.45, 2.75) is 32.7 Å². The average Bonchev–Trinajstić information content (AvgIpc) is 2.94. The van der Waals surface area contributed by atoms with Gasteiger partial charge in [0.15, 0.2) is 5.76 Å². The van der Waals surface area contributed by atoms with E-state index in [2.05, 4.69) is 5.16 Å². The number of aromatic nitrogens is 1. The third-order valence-corrected chi connectivity index (χ3v) is 3.29. The summed E-state index contributed by atoms with van der Waals surface area (Å²) in [6.45, 7) is 4.92. The lowest BCUT2D eigenvalue weighted by Gasteiger charge is -2.25. The molecule has 1 aromatic heterocycles. The zero-order valence-electron chi connectivity index (χ0n) is 10.3. The molecule has 1 aliphatic heterocycles. The van der Waals surface area contributed by atoms with E-state index in [4.69, 9.17) is 10.3 Å². The summed E-state index contributed by atoms with van der Waals surface area (Å²) >= 11 is 0. The van der Waals surface area contributed by atoms with E-state index in [0.717, 1.165) is 30.8 Å². The summed E-state index contributed by atoms with van der Waals surface area (Å²) in [6, 6.07) is 1.95. The number of carbonyl (C=O) groups is 1. The molecule has 0 saturated carbocycles. The fourth-order valence-corrected chi connectivity index (χ4v) is 2.25. The molecule has 5 nitrogen and oxygen atoms in total. The van der Waals surface area contributed by atoms with Crippen LogP contribution in [0, 0.1) is 12.8 Å². The third-order valence-electron chi connectivity index (χ3n) is 3.29. The lowest BCUT2D eigenvalue weighted by atomic mass is 10.1. The second-order valence-electron chi connectivity index (χ2n) is 4.70. The fraction of sp³-hybridized carbons (Fsp3) is 0.667. The molecule has 1 aliphatic rings. The van der Waals surface area contributed by atoms with Gasteiger partial charge >= 0.3 is 0 Å². The van der Waals surface area contributed by atoms with E-state index in [1.807, 2.05) is 24.8 Å². The molecule has 0 spiro atoms. The molecule has 1 fully saturated rings. The van der Waals surface area contributed by atoms with Gasteiger partial charge in [0.25, 0.3) is 0 Å². The number of amides is 1. The van der Waals surface area contributed by atoms with Gasteiger partial charge in [-0.3, -0.25) is 4.79 Å². The summed E-state index contributed by atoms with van der Waals surface area (Å²) in [4.78, 5) is 14.0. The fourth-order valence-electron chi connectivity index (χ4n) is 2.25. The van der Waals surface area contributed by atoms with Gasteiger partial charge in [0.2, 0.25) is 5.91 Å². The Hall–Kier alpha value is -1.36. The van der Waals surface area contributed by atoms with Gasteiger partial charge in [-0.2, -0.15) is 0 Å². The highest BCUT2D eigenvalue weighted by Gasteiger charge is 2.34. The van der Waals surface area contributed by atoms with Crippen LogP contribution in [0.5, 0.6) is 0 Å². The van der Waals surface area contributed by atoms with Crippen LogP contribution in [0.2, 0.25) is 0 Å². The highest BCUT2D eigenvalue weighted by Crippen LogP contribution is 2.33. The summed E-state index contributed by atoms with van der Waals surface area (Å²) in [5.74, 6) is 0.779. The summed E-state index contributed by atoms with van der Waals surface area (Å²) in [6.07, 6.45) is 1.95. The van der Waals surface area contributed by atoms with Gasteiger partial charge < -0.3 is 15.2 Å². The minimum atomic E-state index is -0.125. The second kappa shape index (κ2) is 4.87. The van der Waals surface area contributed by atoms with Crippen LogP contribution in [0.25, 0.3) is 0 Å². The summed E-state index contributed by atoms with van der Waals surface area (Å²) in [5.41, 5.74) is 6.40. The van der Waals surface area contributed by atoms with Gasteiger partial charge in [-0.15, -0.1) is 0 Å². The number of nitrogens with two attached hydrogens (primary N) is 1. The number of hydrogen-bond acceptors (Lipinski definition) is 4. The zero-order chi connectivity index (χ0) is 12.4. The van der Waals surface area contributed by atoms with Crippen LogP contribution in [-0.4, -0.2) is 29.1 Å². The summed E-state index contributed by atoms with van der Waals surface area (Å²) < 4.78 is 5.27. The highest BCUT2D eigenvalue weighted by molar-refractivity contribution is 5.79. The third kappa shape index (κ3) is 2.34. The van der Waals surface area contributed by atoms with Gasteiger partial charge in [-0.05, 0) is 19.8 Å². The molecule has 1 aromatic rings. The van der Waals surface area contributed by atoms with Crippen LogP contribution >= 0.6 is 0 Å². The molecule has 94 valence electrons. The van der Waals surface area contributed by atoms with E-state index in [9.17, 15) is 4.79 Å². The van der Waals surface area contributed by atoms with Gasteiger partial charge in [-0.25, -0.2) is 0 Å². The topological polar surface area (TPSA) is 72.4 Å². The van der Waals surface area contributed by atoms with Gasteiger partial charge in [-0.1, -0.05) is 12.1 Å². The van der Waals surface area contributed by atoms with Crippen molar-refractivity contribution < 1.29 is 9.32 Å². The van der Waals surface area contributed by atoms with Crippen molar-refractivity contribution in [1.82, 2.24) is 10.1 Å². The van der Waals surface area contributed by atoms with E-state index in [1.165, 1.54) is 0 Å². The van der Waals surface area contributed by atoms with Crippen LogP contribution in [0.4, 0.5) is 0 Å². The van der Waals surface area contributed by atoms with Crippen LogP contribution in [0.15, 0.2) is 10.6 Å². The van der Waals surface area contributed by atoms with Crippen LogP contribution in [-0.2, 0) is 4.79 Å². The van der Waals surface area contributed by atoms with Crippen LogP contribution < -0.4 is 5.73 Å². The molecule has 2 N–H and O–H groups in total. The van der Waals surface area contributed by atoms with Crippen molar-refractivity contribution in [3.8, 4) is 0 Å². The van der Waals surface area contributed by atoms with Crippen molar-refractivity contribution in [3.63, 3.8) is 0 Å². The number of aryl methyl sites for hydroxylation is 1. The Balaban J connectivity index is 2.15. The molecular formula is C12H19N3O2. The summed E-state index contributed by atoms with van der Waals surface area (Å²) in [7, 11) is 0. The van der Waals surface area contributed by atoms with Crippen LogP contribution in [0.1, 0.15) is 37.3 Å². The minimum absolute atomic E-state index is 0.0395. The quantitative estimate of drug-likeness (QED) is 0.858. The molecule has 0 radical (unpaired) electrons. The summed E-state index contributed by atoms with van der Waals surface area (Å²) in [5, 5.41) is 3.88. The maximum absolute atomic E-state index is 12.2. The molecule has 2 heterocycles. The van der Waals surface area contributed by atoms with Crippen molar-refractivity contribution in [3.05, 3.63) is 17.5 Å². The Kier molecular flexibility index (Phi) is 3.47. The predicted molar refractivity (Wildman–Crippen MR) is 63.1 cm³/mol. The van der Waals surface area contributed by atoms with Crippen molar-refractivity contribution in [2.75, 3.05) is 13.1 Å². The highest BCUT2D eigenvalue weighted by atomic mass is 16.5. The van der Waals surface area contributed by atoms with Gasteiger partial charge in [0.05, 0.1) is 11.7 Å². The molecule has 1 saturated heterocycles. The van der Waals surface area contributed by atoms with Crippen molar-refractivity contribution >= 4 is 5.91 Å². The van der Waals surface area contributed by atoms with Gasteiger partial charge in [0.1, 0.15) is 0 Å². The van der Waals surface area contributed by atoms with Gasteiger partial charge in [0, 0.05) is 25.1 Å². The lowest BCUT2D eigenvalue weighted by molar-refractivity contribution is -0.136. The first-order valence-corrected chi connectivity index (χ1v) is 6.07. The maximum atomic E-state index is 12.2. The first-order chi connectivity index (χ1) is 8.13. The molecule has 0 aliphatic carbocycles. The van der Waals surface area contributed by atoms with Crippen molar-refractivity contribution in [1.29, 1.82) is 0 Å². The predicted octanol–water partition coefficient (Wildman–Crippen LogP) is 1.24. The molecule has 0 bridgehead atoms. The molecular weight excluding hydrogens is 218 g/mol. The maximum Gasteiger partial charge on any atom is 0.227 e. The first kappa shape index (κ1) is 12.1. The van der Waals surface area contributed by atoms with E-state index >= 15 is 0 Å². The standard InChI is InChI=1S/C12H19N3O2/c1-8(7-13)12(16)15-5-3-4-10(15)11-6-9(2)14-17-11/h6,8,10H,3-5,7,13H2,1-2H3. The number of hydrogen-bond donors (Lipinski definition) is 1. The monoisotopic (exact) mass is 237 g/mol. The normalized spacial score (nSPS) is 21.8. The van der Waals surface area contributed by atoms with E-state index < -0.39 is 0 Å². The Morgan fingerprint density at radius 3 is 3.12 bits per heavy atom. The number of likely N-dealkylation sites (tertiary alicyclic amines) is 1. The minimum Gasteiger partial charge on any atom is -0.359 e. The number of nitrogens with zero attached hydrogens (tertiary/aromatic N) is 2. The average molecular weight is 237 g/mol. The second-order valence-corrected chi connectivity index (χ2v) is 4.70. The molecule has 1 amide bonds. The Morgan fingerprint density at radius 1 is 1.76 bits per heavy atom. The largest absolute Gasteiger partial charge is 0.359 e. The number of rotatable bonds is 3. The molecule has 17 heavy (non-hydrogen) atoms. The Labute approximate surface area is 101 Å². The smallest absolute Gasteiger partial charge is 0.227 e. The Bertz CT molecular complexity index is 402. The first-order valence-electron chi connectivity index (χ1n) is 6.07. The van der Waals surface area contributed by atoms with Crippen LogP contribution in [0.3, 0.4) is 0 Å². The molecule has 2 unspecified atom stereocenters. The lowest BCUT2D eigenvalue weighted by Crippen LogP contribution is -2.37. The van der Waals surface area contributed by atoms with E-state index in [0.29, 0.717) is 6.54 Å². The molecule has 2 atom stereocenters. The SMILES string of the molecule is Cc1cc(C2CCCN2C(=O)C(C)CN)on1. The van der Waals surface area contributed by atoms with E-state index in [1.54, 1.807) is 0 Å². The molecule has 0 aromatic carbocycles. The zero-order valence-corrected chi connectivity index (χ0v) is 10.3. The van der Waals surface area contributed by atoms with Crippen molar-refractivity contribution in [2.24, 2.45) is 11.7 Å². The molecule has 5 heteroatoms. The molecule has 2 rings (SSSR count). The Morgan fingerprint density at radius 2 is 2.53 bits per heavy atom. The van der Waals surface area contributed by atoms with E-state index in [-0.39, 0.29) is 17.9 Å².